The molecule has 0 fully saturated rings. The molecule has 0 aliphatic rings. The molecule has 0 aliphatic carbocycles. The van der Waals surface area contributed by atoms with E-state index in [0.29, 0.717) is 0 Å². The van der Waals surface area contributed by atoms with Crippen LogP contribution in [0.1, 0.15) is 18.1 Å². The van der Waals surface area contributed by atoms with Crippen LogP contribution in [0.15, 0.2) is 18.2 Å². The zero-order valence-corrected chi connectivity index (χ0v) is 10.0. The van der Waals surface area contributed by atoms with Crippen LogP contribution in [-0.4, -0.2) is 17.3 Å². The normalized spacial score (nSPS) is 15.7. The molecular weight excluding hydrogens is 278 g/mol. The predicted molar refractivity (Wildman–Crippen MR) is 60.1 cm³/mol. The fourth-order valence-corrected chi connectivity index (χ4v) is 1.71. The van der Waals surface area contributed by atoms with E-state index in [1.807, 2.05) is 0 Å². The summed E-state index contributed by atoms with van der Waals surface area (Å²) in [6.45, 7) is 0. The van der Waals surface area contributed by atoms with Crippen molar-refractivity contribution in [2.45, 2.75) is 24.7 Å². The Bertz CT molecular complexity index is 398. The van der Waals surface area contributed by atoms with Crippen molar-refractivity contribution in [3.8, 4) is 0 Å². The first-order valence-corrected chi connectivity index (χ1v) is 5.43. The Hall–Kier alpha value is -0.490. The van der Waals surface area contributed by atoms with Crippen LogP contribution in [0.2, 0.25) is 10.0 Å². The molecule has 17 heavy (non-hydrogen) atoms. The summed E-state index contributed by atoms with van der Waals surface area (Å²) in [5.74, 6) is 0. The lowest BCUT2D eigenvalue weighted by Gasteiger charge is -2.20. The largest absolute Gasteiger partial charge is 0.403 e. The van der Waals surface area contributed by atoms with Crippen molar-refractivity contribution >= 4 is 23.2 Å². The smallest absolute Gasteiger partial charge is 0.388 e. The van der Waals surface area contributed by atoms with E-state index < -0.39 is 24.7 Å². The molecular formula is C10H10Cl2F3NO. The van der Waals surface area contributed by atoms with Gasteiger partial charge in [0, 0.05) is 12.0 Å². The van der Waals surface area contributed by atoms with Crippen LogP contribution < -0.4 is 5.73 Å². The molecule has 0 heterocycles. The SMILES string of the molecule is N[C@H](C[C@@H](O)c1cccc(Cl)c1Cl)C(F)(F)F. The Labute approximate surface area is 106 Å². The molecule has 2 atom stereocenters. The van der Waals surface area contributed by atoms with Crippen LogP contribution in [0.3, 0.4) is 0 Å². The summed E-state index contributed by atoms with van der Waals surface area (Å²) in [6.07, 6.45) is -6.62. The Morgan fingerprint density at radius 1 is 1.29 bits per heavy atom. The highest BCUT2D eigenvalue weighted by Gasteiger charge is 2.38. The van der Waals surface area contributed by atoms with Gasteiger partial charge < -0.3 is 10.8 Å². The molecule has 0 radical (unpaired) electrons. The Morgan fingerprint density at radius 2 is 1.88 bits per heavy atom. The summed E-state index contributed by atoms with van der Waals surface area (Å²) in [7, 11) is 0. The summed E-state index contributed by atoms with van der Waals surface area (Å²) in [5, 5.41) is 9.84. The summed E-state index contributed by atoms with van der Waals surface area (Å²) < 4.78 is 36.6. The van der Waals surface area contributed by atoms with Gasteiger partial charge in [0.25, 0.3) is 0 Å². The first-order valence-electron chi connectivity index (χ1n) is 4.67. The number of alkyl halides is 3. The molecule has 1 rings (SSSR count). The monoisotopic (exact) mass is 287 g/mol. The standard InChI is InChI=1S/C10H10Cl2F3NO/c11-6-3-1-2-5(9(6)12)7(17)4-8(16)10(13,14)15/h1-3,7-8,17H,4,16H2/t7-,8-/m1/s1. The number of aliphatic hydroxyl groups excluding tert-OH is 1. The molecule has 0 aliphatic heterocycles. The summed E-state index contributed by atoms with van der Waals surface area (Å²) in [6, 6.07) is 2.27. The number of aliphatic hydroxyl groups is 1. The van der Waals surface area contributed by atoms with Gasteiger partial charge in [0.05, 0.1) is 16.1 Å². The van der Waals surface area contributed by atoms with Gasteiger partial charge in [-0.3, -0.25) is 0 Å². The van der Waals surface area contributed by atoms with Gasteiger partial charge >= 0.3 is 6.18 Å². The van der Waals surface area contributed by atoms with E-state index in [1.54, 1.807) is 0 Å². The summed E-state index contributed by atoms with van der Waals surface area (Å²) in [5.41, 5.74) is 5.05. The van der Waals surface area contributed by atoms with E-state index in [9.17, 15) is 18.3 Å². The van der Waals surface area contributed by atoms with Crippen molar-refractivity contribution < 1.29 is 18.3 Å². The maximum absolute atomic E-state index is 12.2. The minimum Gasteiger partial charge on any atom is -0.388 e. The van der Waals surface area contributed by atoms with Gasteiger partial charge in [-0.1, -0.05) is 35.3 Å². The first-order chi connectivity index (χ1) is 7.73. The minimum atomic E-state index is -4.55. The van der Waals surface area contributed by atoms with Crippen LogP contribution in [0, 0.1) is 0 Å². The fraction of sp³-hybridized carbons (Fsp3) is 0.400. The number of rotatable bonds is 3. The van der Waals surface area contributed by atoms with Crippen LogP contribution in [0.4, 0.5) is 13.2 Å². The van der Waals surface area contributed by atoms with Gasteiger partial charge in [0.2, 0.25) is 0 Å². The van der Waals surface area contributed by atoms with E-state index in [-0.39, 0.29) is 15.6 Å². The molecule has 0 bridgehead atoms. The third-order valence-electron chi connectivity index (χ3n) is 2.24. The van der Waals surface area contributed by atoms with E-state index in [1.165, 1.54) is 18.2 Å². The van der Waals surface area contributed by atoms with Crippen molar-refractivity contribution in [2.24, 2.45) is 5.73 Å². The van der Waals surface area contributed by atoms with Crippen LogP contribution in [0.5, 0.6) is 0 Å². The van der Waals surface area contributed by atoms with Crippen LogP contribution in [0.25, 0.3) is 0 Å². The highest BCUT2D eigenvalue weighted by Crippen LogP contribution is 2.33. The Morgan fingerprint density at radius 3 is 2.41 bits per heavy atom. The number of hydrogen-bond donors (Lipinski definition) is 2. The second-order valence-corrected chi connectivity index (χ2v) is 4.33. The molecule has 96 valence electrons. The second-order valence-electron chi connectivity index (χ2n) is 3.54. The summed E-state index contributed by atoms with van der Waals surface area (Å²) >= 11 is 11.5. The van der Waals surface area contributed by atoms with E-state index >= 15 is 0 Å². The average molecular weight is 288 g/mol. The predicted octanol–water partition coefficient (Wildman–Crippen LogP) is 3.31. The maximum atomic E-state index is 12.2. The fourth-order valence-electron chi connectivity index (χ4n) is 1.28. The molecule has 0 spiro atoms. The van der Waals surface area contributed by atoms with Crippen molar-refractivity contribution in [1.29, 1.82) is 0 Å². The Kier molecular flexibility index (Phi) is 4.66. The zero-order chi connectivity index (χ0) is 13.2. The average Bonchev–Trinajstić information content (AvgIpc) is 2.20. The third kappa shape index (κ3) is 3.74. The van der Waals surface area contributed by atoms with Crippen molar-refractivity contribution in [3.63, 3.8) is 0 Å². The van der Waals surface area contributed by atoms with Gasteiger partial charge in [-0.25, -0.2) is 0 Å². The summed E-state index contributed by atoms with van der Waals surface area (Å²) in [4.78, 5) is 0. The topological polar surface area (TPSA) is 46.2 Å². The lowest BCUT2D eigenvalue weighted by atomic mass is 10.0. The van der Waals surface area contributed by atoms with Gasteiger partial charge in [-0.2, -0.15) is 13.2 Å². The number of hydrogen-bond acceptors (Lipinski definition) is 2. The molecule has 2 nitrogen and oxygen atoms in total. The van der Waals surface area contributed by atoms with E-state index in [4.69, 9.17) is 28.9 Å². The quantitative estimate of drug-likeness (QED) is 0.896. The molecule has 0 saturated heterocycles. The van der Waals surface area contributed by atoms with Gasteiger partial charge in [0.15, 0.2) is 0 Å². The molecule has 0 unspecified atom stereocenters. The Balaban J connectivity index is 2.84. The van der Waals surface area contributed by atoms with E-state index in [2.05, 4.69) is 0 Å². The number of halogens is 5. The van der Waals surface area contributed by atoms with Crippen molar-refractivity contribution in [1.82, 2.24) is 0 Å². The molecule has 1 aromatic rings. The van der Waals surface area contributed by atoms with Crippen molar-refractivity contribution in [3.05, 3.63) is 33.8 Å². The minimum absolute atomic E-state index is 0.0380. The lowest BCUT2D eigenvalue weighted by Crippen LogP contribution is -2.38. The molecule has 1 aromatic carbocycles. The first kappa shape index (κ1) is 14.6. The van der Waals surface area contributed by atoms with Gasteiger partial charge in [0.1, 0.15) is 6.04 Å². The zero-order valence-electron chi connectivity index (χ0n) is 8.51. The van der Waals surface area contributed by atoms with Crippen LogP contribution in [-0.2, 0) is 0 Å². The third-order valence-corrected chi connectivity index (χ3v) is 3.07. The molecule has 0 aromatic heterocycles. The molecule has 7 heteroatoms. The van der Waals surface area contributed by atoms with Crippen LogP contribution >= 0.6 is 23.2 Å². The molecule has 0 amide bonds. The molecule has 0 saturated carbocycles. The molecule has 3 N–H and O–H groups in total. The lowest BCUT2D eigenvalue weighted by molar-refractivity contribution is -0.153. The van der Waals surface area contributed by atoms with Crippen molar-refractivity contribution in [2.75, 3.05) is 0 Å². The van der Waals surface area contributed by atoms with Gasteiger partial charge in [-0.15, -0.1) is 0 Å². The van der Waals surface area contributed by atoms with Gasteiger partial charge in [-0.05, 0) is 6.07 Å². The number of nitrogens with two attached hydrogens (primary N) is 1. The second kappa shape index (κ2) is 5.44. The highest BCUT2D eigenvalue weighted by molar-refractivity contribution is 6.42. The maximum Gasteiger partial charge on any atom is 0.403 e. The van der Waals surface area contributed by atoms with E-state index in [0.717, 1.165) is 0 Å². The highest BCUT2D eigenvalue weighted by atomic mass is 35.5. The number of benzene rings is 1.